The topological polar surface area (TPSA) is 160 Å². The second-order valence-corrected chi connectivity index (χ2v) is 10.8. The van der Waals surface area contributed by atoms with Crippen LogP contribution in [0.25, 0.3) is 22.0 Å². The molecule has 3 aromatic carbocycles. The second-order valence-electron chi connectivity index (χ2n) is 7.95. The molecule has 0 amide bonds. The van der Waals surface area contributed by atoms with Crippen molar-refractivity contribution in [2.24, 2.45) is 7.05 Å². The lowest BCUT2D eigenvalue weighted by Gasteiger charge is -2.24. The fourth-order valence-electron chi connectivity index (χ4n) is 4.28. The lowest BCUT2D eigenvalue weighted by Crippen LogP contribution is -2.21. The molecule has 35 heavy (non-hydrogen) atoms. The van der Waals surface area contributed by atoms with E-state index in [-0.39, 0.29) is 28.3 Å². The Kier molecular flexibility index (Phi) is 4.97. The van der Waals surface area contributed by atoms with Crippen LogP contribution in [0.15, 0.2) is 75.2 Å². The van der Waals surface area contributed by atoms with Gasteiger partial charge in [-0.2, -0.15) is 16.8 Å². The molecule has 0 atom stereocenters. The summed E-state index contributed by atoms with van der Waals surface area (Å²) < 4.78 is 67.3. The number of hydrogen-bond acceptors (Lipinski definition) is 7. The van der Waals surface area contributed by atoms with Crippen molar-refractivity contribution in [1.82, 2.24) is 4.57 Å². The zero-order valence-corrected chi connectivity index (χ0v) is 19.5. The number of carbonyl (C=O) groups excluding carboxylic acids is 1. The third-order valence-electron chi connectivity index (χ3n) is 5.90. The third-order valence-corrected chi connectivity index (χ3v) is 7.64. The Labute approximate surface area is 199 Å². The molecular formula is C23H16N2O8S2. The number of ketones is 1. The zero-order chi connectivity index (χ0) is 25.3. The Bertz CT molecular complexity index is 1870. The van der Waals surface area contributed by atoms with Gasteiger partial charge in [0.15, 0.2) is 5.78 Å². The van der Waals surface area contributed by atoms with Gasteiger partial charge in [-0.1, -0.05) is 24.3 Å². The molecule has 1 aliphatic carbocycles. The predicted octanol–water partition coefficient (Wildman–Crippen LogP) is 2.99. The number of fused-ring (bicyclic) bond motifs is 2. The van der Waals surface area contributed by atoms with Crippen LogP contribution in [0.3, 0.4) is 0 Å². The van der Waals surface area contributed by atoms with Crippen molar-refractivity contribution in [2.45, 2.75) is 9.79 Å². The van der Waals surface area contributed by atoms with Crippen LogP contribution in [0.5, 0.6) is 0 Å². The molecule has 0 spiro atoms. The minimum absolute atomic E-state index is 0.168. The quantitative estimate of drug-likeness (QED) is 0.308. The highest BCUT2D eigenvalue weighted by atomic mass is 32.2. The Morgan fingerprint density at radius 2 is 1.43 bits per heavy atom. The van der Waals surface area contributed by atoms with Gasteiger partial charge in [0.25, 0.3) is 25.8 Å². The molecule has 0 saturated carbocycles. The number of anilines is 2. The summed E-state index contributed by atoms with van der Waals surface area (Å²) in [6.45, 7) is 0. The number of benzene rings is 3. The molecule has 0 fully saturated rings. The highest BCUT2D eigenvalue weighted by Gasteiger charge is 2.30. The summed E-state index contributed by atoms with van der Waals surface area (Å²) in [6, 6.07) is 13.9. The van der Waals surface area contributed by atoms with Gasteiger partial charge in [-0.25, -0.2) is 0 Å². The van der Waals surface area contributed by atoms with Gasteiger partial charge in [-0.15, -0.1) is 0 Å². The van der Waals surface area contributed by atoms with E-state index in [4.69, 9.17) is 0 Å². The van der Waals surface area contributed by atoms with Crippen molar-refractivity contribution in [3.05, 3.63) is 82.1 Å². The molecule has 12 heteroatoms. The maximum absolute atomic E-state index is 13.6. The normalized spacial score (nSPS) is 13.1. The first-order valence-corrected chi connectivity index (χ1v) is 12.9. The van der Waals surface area contributed by atoms with Crippen molar-refractivity contribution < 1.29 is 30.7 Å². The van der Waals surface area contributed by atoms with Crippen molar-refractivity contribution in [3.8, 4) is 11.1 Å². The van der Waals surface area contributed by atoms with Crippen molar-refractivity contribution in [3.63, 3.8) is 0 Å². The Morgan fingerprint density at radius 1 is 0.771 bits per heavy atom. The van der Waals surface area contributed by atoms with Crippen LogP contribution in [0.4, 0.5) is 11.4 Å². The van der Waals surface area contributed by atoms with Crippen molar-refractivity contribution >= 4 is 48.3 Å². The van der Waals surface area contributed by atoms with Crippen LogP contribution in [-0.4, -0.2) is 36.3 Å². The summed E-state index contributed by atoms with van der Waals surface area (Å²) in [5.74, 6) is -0.372. The molecule has 4 aromatic rings. The molecule has 0 unspecified atom stereocenters. The van der Waals surface area contributed by atoms with Crippen molar-refractivity contribution in [2.75, 3.05) is 5.32 Å². The molecule has 5 rings (SSSR count). The molecule has 0 aliphatic heterocycles. The fraction of sp³-hybridized carbons (Fsp3) is 0.0435. The number of aryl methyl sites for hydroxylation is 1. The van der Waals surface area contributed by atoms with E-state index in [9.17, 15) is 35.5 Å². The van der Waals surface area contributed by atoms with Crippen molar-refractivity contribution in [1.29, 1.82) is 0 Å². The molecule has 10 nitrogen and oxygen atoms in total. The molecule has 1 aromatic heterocycles. The van der Waals surface area contributed by atoms with Crippen LogP contribution in [0.2, 0.25) is 0 Å². The highest BCUT2D eigenvalue weighted by molar-refractivity contribution is 7.86. The number of pyridine rings is 1. The summed E-state index contributed by atoms with van der Waals surface area (Å²) in [5.41, 5.74) is 1.78. The van der Waals surface area contributed by atoms with Crippen LogP contribution in [0.1, 0.15) is 15.9 Å². The smallest absolute Gasteiger partial charge is 0.296 e. The summed E-state index contributed by atoms with van der Waals surface area (Å²) in [6.07, 6.45) is 0. The summed E-state index contributed by atoms with van der Waals surface area (Å²) >= 11 is 0. The lowest BCUT2D eigenvalue weighted by atomic mass is 9.83. The van der Waals surface area contributed by atoms with E-state index in [0.29, 0.717) is 33.7 Å². The lowest BCUT2D eigenvalue weighted by molar-refractivity contribution is 0.104. The summed E-state index contributed by atoms with van der Waals surface area (Å²) in [7, 11) is -8.13. The SMILES string of the molecule is Cn1c(=O)cc2c3c(c(Nc4ccc(S(=O)(=O)O)cc4S(=O)(=O)O)ccc31)C(=O)c1ccccc1-2. The van der Waals surface area contributed by atoms with E-state index in [1.54, 1.807) is 37.4 Å². The second kappa shape index (κ2) is 7.58. The van der Waals surface area contributed by atoms with E-state index < -0.39 is 30.0 Å². The third kappa shape index (κ3) is 3.63. The summed E-state index contributed by atoms with van der Waals surface area (Å²) in [4.78, 5) is 24.6. The van der Waals surface area contributed by atoms with Gasteiger partial charge in [0.1, 0.15) is 4.90 Å². The molecule has 0 radical (unpaired) electrons. The van der Waals surface area contributed by atoms with Crippen LogP contribution in [0, 0.1) is 0 Å². The maximum atomic E-state index is 13.6. The zero-order valence-electron chi connectivity index (χ0n) is 17.9. The average Bonchev–Trinajstić information content (AvgIpc) is 2.79. The number of nitrogens with zero attached hydrogens (tertiary/aromatic N) is 1. The average molecular weight is 513 g/mol. The van der Waals surface area contributed by atoms with Gasteiger partial charge in [-0.3, -0.25) is 18.7 Å². The maximum Gasteiger partial charge on any atom is 0.296 e. The van der Waals surface area contributed by atoms with E-state index in [0.717, 1.165) is 12.1 Å². The minimum atomic E-state index is -4.94. The molecular weight excluding hydrogens is 496 g/mol. The van der Waals surface area contributed by atoms with Gasteiger partial charge < -0.3 is 9.88 Å². The van der Waals surface area contributed by atoms with Crippen LogP contribution in [-0.2, 0) is 27.3 Å². The van der Waals surface area contributed by atoms with E-state index in [1.165, 1.54) is 16.7 Å². The molecule has 0 saturated heterocycles. The van der Waals surface area contributed by atoms with Gasteiger partial charge in [0, 0.05) is 24.1 Å². The van der Waals surface area contributed by atoms with Gasteiger partial charge in [0.05, 0.1) is 27.4 Å². The van der Waals surface area contributed by atoms with E-state index in [1.807, 2.05) is 0 Å². The molecule has 1 aliphatic rings. The first kappa shape index (κ1) is 22.9. The number of rotatable bonds is 4. The monoisotopic (exact) mass is 512 g/mol. The van der Waals surface area contributed by atoms with Gasteiger partial charge in [-0.05, 0) is 41.5 Å². The van der Waals surface area contributed by atoms with E-state index in [2.05, 4.69) is 5.32 Å². The van der Waals surface area contributed by atoms with Crippen LogP contribution < -0.4 is 10.9 Å². The largest absolute Gasteiger partial charge is 0.354 e. The number of hydrogen-bond donors (Lipinski definition) is 3. The predicted molar refractivity (Wildman–Crippen MR) is 127 cm³/mol. The standard InChI is InChI=1S/C23H16N2O8S2/c1-25-18-9-8-17(24-16-7-6-12(34(28,29)30)10-19(16)35(31,32)33)22-21(18)15(11-20(25)26)13-4-2-3-5-14(13)23(22)27/h2-11,24H,1H3,(H,28,29,30)(H,31,32,33). The first-order valence-electron chi connectivity index (χ1n) is 10.0. The number of carbonyl (C=O) groups is 1. The molecule has 0 bridgehead atoms. The Hall–Kier alpha value is -3.84. The number of nitrogens with one attached hydrogen (secondary N) is 1. The fourth-order valence-corrected chi connectivity index (χ4v) is 5.54. The Morgan fingerprint density at radius 3 is 2.09 bits per heavy atom. The minimum Gasteiger partial charge on any atom is -0.354 e. The Balaban J connectivity index is 1.81. The van der Waals surface area contributed by atoms with Crippen LogP contribution >= 0.6 is 0 Å². The van der Waals surface area contributed by atoms with E-state index >= 15 is 0 Å². The first-order chi connectivity index (χ1) is 16.4. The molecule has 178 valence electrons. The molecule has 1 heterocycles. The van der Waals surface area contributed by atoms with Gasteiger partial charge >= 0.3 is 0 Å². The summed E-state index contributed by atoms with van der Waals surface area (Å²) in [5, 5.41) is 3.28. The molecule has 3 N–H and O–H groups in total. The number of aromatic nitrogens is 1. The highest BCUT2D eigenvalue weighted by Crippen LogP contribution is 2.42. The van der Waals surface area contributed by atoms with Gasteiger partial charge in [0.2, 0.25) is 0 Å².